The van der Waals surface area contributed by atoms with E-state index < -0.39 is 4.92 Å². The molecule has 0 aromatic heterocycles. The first-order valence-electron chi connectivity index (χ1n) is 6.02. The molecule has 0 aliphatic heterocycles. The summed E-state index contributed by atoms with van der Waals surface area (Å²) in [5.74, 6) is 0.886. The van der Waals surface area contributed by atoms with Crippen LogP contribution in [0.2, 0.25) is 5.02 Å². The lowest BCUT2D eigenvalue weighted by atomic mass is 10.3. The van der Waals surface area contributed by atoms with Crippen LogP contribution in [0.1, 0.15) is 0 Å². The van der Waals surface area contributed by atoms with Crippen LogP contribution in [0, 0.1) is 10.1 Å². The van der Waals surface area contributed by atoms with Crippen molar-refractivity contribution >= 4 is 34.7 Å². The van der Waals surface area contributed by atoms with Crippen LogP contribution >= 0.6 is 23.4 Å². The monoisotopic (exact) mass is 308 g/mol. The number of non-ortho nitro benzene ring substituents is 1. The lowest BCUT2D eigenvalue weighted by Crippen LogP contribution is -2.04. The highest BCUT2D eigenvalue weighted by atomic mass is 35.5. The Morgan fingerprint density at radius 3 is 2.60 bits per heavy atom. The Morgan fingerprint density at radius 1 is 1.20 bits per heavy atom. The predicted octanol–water partition coefficient (Wildman–Crippen LogP) is 4.45. The summed E-state index contributed by atoms with van der Waals surface area (Å²) in [6.45, 7) is 0.733. The average molecular weight is 309 g/mol. The van der Waals surface area contributed by atoms with E-state index in [1.165, 1.54) is 17.0 Å². The Kier molecular flexibility index (Phi) is 5.26. The van der Waals surface area contributed by atoms with Crippen molar-refractivity contribution in [1.82, 2.24) is 0 Å². The molecule has 2 aromatic carbocycles. The van der Waals surface area contributed by atoms with Crippen LogP contribution in [-0.4, -0.2) is 17.2 Å². The second kappa shape index (κ2) is 7.17. The van der Waals surface area contributed by atoms with E-state index in [1.54, 1.807) is 17.8 Å². The van der Waals surface area contributed by atoms with Crippen LogP contribution in [0.5, 0.6) is 0 Å². The van der Waals surface area contributed by atoms with Crippen LogP contribution in [0.25, 0.3) is 0 Å². The van der Waals surface area contributed by atoms with Gasteiger partial charge >= 0.3 is 0 Å². The van der Waals surface area contributed by atoms with Gasteiger partial charge in [-0.1, -0.05) is 29.8 Å². The van der Waals surface area contributed by atoms with E-state index in [-0.39, 0.29) is 5.69 Å². The number of nitrogens with one attached hydrogen (secondary N) is 1. The van der Waals surface area contributed by atoms with Crippen molar-refractivity contribution in [1.29, 1.82) is 0 Å². The SMILES string of the molecule is O=[N+]([O-])c1ccc(NCCSc2ccccc2)c(Cl)c1. The number of hydrogen-bond acceptors (Lipinski definition) is 4. The number of hydrogen-bond donors (Lipinski definition) is 1. The molecule has 0 fully saturated rings. The summed E-state index contributed by atoms with van der Waals surface area (Å²) in [4.78, 5) is 11.4. The average Bonchev–Trinajstić information content (AvgIpc) is 2.46. The van der Waals surface area contributed by atoms with Gasteiger partial charge in [-0.15, -0.1) is 11.8 Å². The summed E-state index contributed by atoms with van der Waals surface area (Å²) in [5, 5.41) is 14.1. The fraction of sp³-hybridized carbons (Fsp3) is 0.143. The Bertz CT molecular complexity index is 593. The number of nitrogens with zero attached hydrogens (tertiary/aromatic N) is 1. The van der Waals surface area contributed by atoms with Gasteiger partial charge < -0.3 is 5.32 Å². The Labute approximate surface area is 126 Å². The maximum Gasteiger partial charge on any atom is 0.271 e. The summed E-state index contributed by atoms with van der Waals surface area (Å²) in [6.07, 6.45) is 0. The highest BCUT2D eigenvalue weighted by Crippen LogP contribution is 2.26. The summed E-state index contributed by atoms with van der Waals surface area (Å²) in [7, 11) is 0. The summed E-state index contributed by atoms with van der Waals surface area (Å²) in [6, 6.07) is 14.5. The molecule has 0 spiro atoms. The van der Waals surface area contributed by atoms with E-state index in [0.717, 1.165) is 12.3 Å². The first kappa shape index (κ1) is 14.7. The number of benzene rings is 2. The molecule has 0 saturated heterocycles. The largest absolute Gasteiger partial charge is 0.383 e. The van der Waals surface area contributed by atoms with E-state index >= 15 is 0 Å². The van der Waals surface area contributed by atoms with Crippen LogP contribution in [0.15, 0.2) is 53.4 Å². The minimum atomic E-state index is -0.457. The smallest absolute Gasteiger partial charge is 0.271 e. The van der Waals surface area contributed by atoms with Gasteiger partial charge in [0.2, 0.25) is 0 Å². The third kappa shape index (κ3) is 4.15. The number of anilines is 1. The molecular formula is C14H13ClN2O2S. The Hall–Kier alpha value is -1.72. The first-order valence-corrected chi connectivity index (χ1v) is 7.39. The maximum absolute atomic E-state index is 10.6. The molecule has 20 heavy (non-hydrogen) atoms. The molecule has 0 unspecified atom stereocenters. The predicted molar refractivity (Wildman–Crippen MR) is 83.8 cm³/mol. The molecular weight excluding hydrogens is 296 g/mol. The molecule has 0 heterocycles. The fourth-order valence-corrected chi connectivity index (χ4v) is 2.66. The number of halogens is 1. The van der Waals surface area contributed by atoms with E-state index in [1.807, 2.05) is 18.2 Å². The lowest BCUT2D eigenvalue weighted by Gasteiger charge is -2.08. The zero-order chi connectivity index (χ0) is 14.4. The minimum Gasteiger partial charge on any atom is -0.383 e. The molecule has 0 bridgehead atoms. The lowest BCUT2D eigenvalue weighted by molar-refractivity contribution is -0.384. The molecule has 1 N–H and O–H groups in total. The highest BCUT2D eigenvalue weighted by Gasteiger charge is 2.08. The molecule has 0 radical (unpaired) electrons. The van der Waals surface area contributed by atoms with E-state index in [9.17, 15) is 10.1 Å². The number of nitro benzene ring substituents is 1. The maximum atomic E-state index is 10.6. The van der Waals surface area contributed by atoms with Gasteiger partial charge in [0.1, 0.15) is 0 Å². The summed E-state index contributed by atoms with van der Waals surface area (Å²) >= 11 is 7.74. The van der Waals surface area contributed by atoms with Gasteiger partial charge in [0.25, 0.3) is 5.69 Å². The van der Waals surface area contributed by atoms with Crippen molar-refractivity contribution in [3.05, 3.63) is 63.7 Å². The fourth-order valence-electron chi connectivity index (χ4n) is 1.63. The standard InChI is InChI=1S/C14H13ClN2O2S/c15-13-10-11(17(18)19)6-7-14(13)16-8-9-20-12-4-2-1-3-5-12/h1-7,10,16H,8-9H2. The zero-order valence-electron chi connectivity index (χ0n) is 10.6. The summed E-state index contributed by atoms with van der Waals surface area (Å²) < 4.78 is 0. The van der Waals surface area contributed by atoms with Gasteiger partial charge in [-0.25, -0.2) is 0 Å². The molecule has 0 atom stereocenters. The molecule has 0 aliphatic rings. The molecule has 0 saturated carbocycles. The second-order valence-corrected chi connectivity index (χ2v) is 5.59. The molecule has 2 rings (SSSR count). The molecule has 4 nitrogen and oxygen atoms in total. The molecule has 2 aromatic rings. The third-order valence-corrected chi connectivity index (χ3v) is 3.92. The van der Waals surface area contributed by atoms with Crippen molar-refractivity contribution in [2.75, 3.05) is 17.6 Å². The van der Waals surface area contributed by atoms with Crippen molar-refractivity contribution in [3.8, 4) is 0 Å². The quantitative estimate of drug-likeness (QED) is 0.371. The topological polar surface area (TPSA) is 55.2 Å². The van der Waals surface area contributed by atoms with Gasteiger partial charge in [-0.2, -0.15) is 0 Å². The van der Waals surface area contributed by atoms with Gasteiger partial charge in [-0.3, -0.25) is 10.1 Å². The van der Waals surface area contributed by atoms with E-state index in [2.05, 4.69) is 17.4 Å². The molecule has 6 heteroatoms. The number of nitro groups is 1. The Balaban J connectivity index is 1.84. The number of thioether (sulfide) groups is 1. The van der Waals surface area contributed by atoms with Gasteiger partial charge in [0, 0.05) is 29.3 Å². The molecule has 0 amide bonds. The molecule has 104 valence electrons. The van der Waals surface area contributed by atoms with Crippen molar-refractivity contribution in [3.63, 3.8) is 0 Å². The van der Waals surface area contributed by atoms with Crippen molar-refractivity contribution < 1.29 is 4.92 Å². The van der Waals surface area contributed by atoms with Gasteiger partial charge in [-0.05, 0) is 18.2 Å². The second-order valence-electron chi connectivity index (χ2n) is 4.01. The van der Waals surface area contributed by atoms with Crippen LogP contribution < -0.4 is 5.32 Å². The molecule has 0 aliphatic carbocycles. The third-order valence-electron chi connectivity index (χ3n) is 2.59. The van der Waals surface area contributed by atoms with Gasteiger partial charge in [0.15, 0.2) is 0 Å². The van der Waals surface area contributed by atoms with E-state index in [0.29, 0.717) is 10.7 Å². The number of rotatable bonds is 6. The highest BCUT2D eigenvalue weighted by molar-refractivity contribution is 7.99. The zero-order valence-corrected chi connectivity index (χ0v) is 12.2. The summed E-state index contributed by atoms with van der Waals surface area (Å²) in [5.41, 5.74) is 0.713. The Morgan fingerprint density at radius 2 is 1.95 bits per heavy atom. The van der Waals surface area contributed by atoms with Crippen LogP contribution in [-0.2, 0) is 0 Å². The minimum absolute atomic E-state index is 0.000731. The van der Waals surface area contributed by atoms with Gasteiger partial charge in [0.05, 0.1) is 15.6 Å². The van der Waals surface area contributed by atoms with Crippen LogP contribution in [0.3, 0.4) is 0 Å². The van der Waals surface area contributed by atoms with E-state index in [4.69, 9.17) is 11.6 Å². The van der Waals surface area contributed by atoms with Crippen LogP contribution in [0.4, 0.5) is 11.4 Å². The van der Waals surface area contributed by atoms with Crippen molar-refractivity contribution in [2.24, 2.45) is 0 Å². The first-order chi connectivity index (χ1) is 9.66. The van der Waals surface area contributed by atoms with Crippen molar-refractivity contribution in [2.45, 2.75) is 4.90 Å². The normalized spacial score (nSPS) is 10.2.